The highest BCUT2D eigenvalue weighted by molar-refractivity contribution is 5.23. The van der Waals surface area contributed by atoms with Crippen LogP contribution in [0.25, 0.3) is 0 Å². The van der Waals surface area contributed by atoms with Gasteiger partial charge in [-0.2, -0.15) is 0 Å². The lowest BCUT2D eigenvalue weighted by Gasteiger charge is -2.75. The van der Waals surface area contributed by atoms with Crippen LogP contribution in [0.15, 0.2) is 0 Å². The van der Waals surface area contributed by atoms with Gasteiger partial charge in [-0.25, -0.2) is 0 Å². The van der Waals surface area contributed by atoms with Crippen LogP contribution in [0, 0.1) is 56.7 Å². The molecule has 3 heterocycles. The van der Waals surface area contributed by atoms with E-state index in [1.54, 1.807) is 0 Å². The lowest BCUT2D eigenvalue weighted by molar-refractivity contribution is -0.354. The minimum atomic E-state index is -1.52. The van der Waals surface area contributed by atoms with Crippen molar-refractivity contribution in [2.45, 2.75) is 204 Å². The van der Waals surface area contributed by atoms with Gasteiger partial charge >= 0.3 is 0 Å². The van der Waals surface area contributed by atoms with Crippen molar-refractivity contribution in [3.8, 4) is 0 Å². The first kappa shape index (κ1) is 46.9. The van der Waals surface area contributed by atoms with E-state index in [9.17, 15) is 51.1 Å². The third kappa shape index (κ3) is 7.23. The first-order chi connectivity index (χ1) is 28.3. The maximum atomic E-state index is 11.7. The van der Waals surface area contributed by atoms with E-state index >= 15 is 0 Å². The Morgan fingerprint density at radius 3 is 1.39 bits per heavy atom. The van der Waals surface area contributed by atoms with E-state index in [1.165, 1.54) is 0 Å². The molecule has 352 valence electrons. The highest BCUT2D eigenvalue weighted by Crippen LogP contribution is 2.79. The van der Waals surface area contributed by atoms with Crippen LogP contribution in [0.1, 0.15) is 107 Å². The highest BCUT2D eigenvalue weighted by Gasteiger charge is 2.75. The largest absolute Gasteiger partial charge is 0.390 e. The zero-order chi connectivity index (χ0) is 44.6. The van der Waals surface area contributed by atoms with Crippen LogP contribution in [0.3, 0.4) is 0 Å². The summed E-state index contributed by atoms with van der Waals surface area (Å²) < 4.78 is 38.1. The van der Waals surface area contributed by atoms with Crippen LogP contribution < -0.4 is 0 Å². The molecular weight excluding hydrogens is 796 g/mol. The molecule has 24 atom stereocenters. The molecule has 0 aromatic carbocycles. The molecule has 16 heteroatoms. The number of aliphatic hydroxyl groups excluding tert-OH is 9. The third-order valence-electron chi connectivity index (χ3n) is 18.9. The topological polar surface area (TPSA) is 258 Å². The maximum Gasteiger partial charge on any atom is 0.186 e. The predicted octanol–water partition coefficient (Wildman–Crippen LogP) is 0.551. The van der Waals surface area contributed by atoms with E-state index < -0.39 is 119 Å². The molecule has 5 aliphatic carbocycles. The van der Waals surface area contributed by atoms with Crippen molar-refractivity contribution in [1.82, 2.24) is 0 Å². The molecule has 5 saturated carbocycles. The van der Waals surface area contributed by atoms with Gasteiger partial charge in [-0.1, -0.05) is 41.5 Å². The van der Waals surface area contributed by atoms with Crippen molar-refractivity contribution in [2.24, 2.45) is 56.7 Å². The lowest BCUT2D eigenvalue weighted by atomic mass is 9.31. The molecule has 0 aromatic rings. The van der Waals surface area contributed by atoms with Crippen molar-refractivity contribution in [2.75, 3.05) is 19.8 Å². The van der Waals surface area contributed by atoms with Gasteiger partial charge in [-0.3, -0.25) is 0 Å². The van der Waals surface area contributed by atoms with Crippen LogP contribution in [0.5, 0.6) is 0 Å². The Morgan fingerprint density at radius 2 is 0.918 bits per heavy atom. The van der Waals surface area contributed by atoms with Gasteiger partial charge in [0, 0.05) is 0 Å². The van der Waals surface area contributed by atoms with E-state index in [1.807, 2.05) is 13.8 Å². The van der Waals surface area contributed by atoms with Crippen LogP contribution in [0.4, 0.5) is 0 Å². The molecule has 0 aromatic heterocycles. The van der Waals surface area contributed by atoms with Gasteiger partial charge in [-0.05, 0) is 122 Å². The summed E-state index contributed by atoms with van der Waals surface area (Å²) in [6.07, 6.45) is -11.8. The first-order valence-corrected chi connectivity index (χ1v) is 23.0. The van der Waals surface area contributed by atoms with Gasteiger partial charge in [0.2, 0.25) is 0 Å². The van der Waals surface area contributed by atoms with Gasteiger partial charge in [0.05, 0.1) is 43.7 Å². The minimum Gasteiger partial charge on any atom is -0.390 e. The maximum absolute atomic E-state index is 11.7. The Bertz CT molecular complexity index is 1580. The summed E-state index contributed by atoms with van der Waals surface area (Å²) in [7, 11) is 0. The van der Waals surface area contributed by atoms with Crippen LogP contribution in [-0.4, -0.2) is 169 Å². The van der Waals surface area contributed by atoms with Crippen LogP contribution in [-0.2, 0) is 28.4 Å². The fourth-order valence-electron chi connectivity index (χ4n) is 15.9. The summed E-state index contributed by atoms with van der Waals surface area (Å²) >= 11 is 0. The van der Waals surface area contributed by atoms with Crippen LogP contribution >= 0.6 is 0 Å². The number of aliphatic hydroxyl groups is 10. The van der Waals surface area contributed by atoms with Gasteiger partial charge in [-0.15, -0.1) is 0 Å². The molecule has 0 radical (unpaired) electrons. The van der Waals surface area contributed by atoms with Crippen molar-refractivity contribution < 1.29 is 79.5 Å². The number of hydrogen-bond donors (Lipinski definition) is 10. The molecule has 8 aliphatic rings. The van der Waals surface area contributed by atoms with Gasteiger partial charge in [0.15, 0.2) is 18.9 Å². The predicted molar refractivity (Wildman–Crippen MR) is 215 cm³/mol. The summed E-state index contributed by atoms with van der Waals surface area (Å²) in [5.74, 6) is -0.109. The van der Waals surface area contributed by atoms with Crippen LogP contribution in [0.2, 0.25) is 0 Å². The fraction of sp³-hybridized carbons (Fsp3) is 1.00. The normalized spacial score (nSPS) is 57.3. The standard InChI is InChI=1S/C45H76O16/c1-40(2)28(61-39-35(54)32(51)23(48)19-58-39)12-14-43(6)27-10-9-26-42(5)13-11-20(41(3,4)55)29(42)24(59-37-33(52)30(49)21(46)17-56-37)15-44(26,7)45(27,8)16-25(36(40)43)60-38-34(53)31(50)22(47)18-57-38/h20-39,46-55H,9-19H2,1-8H3/t20-,21+,22+,23+,24-,25-,26+,27+,28-,29+,30-,31-,32-,33+,34+,35+,36-,37-,38-,39-,42+,43+,44+,45+/m0/s1. The molecule has 8 rings (SSSR count). The summed E-state index contributed by atoms with van der Waals surface area (Å²) in [5, 5.41) is 108. The summed E-state index contributed by atoms with van der Waals surface area (Å²) in [5.41, 5.74) is -3.23. The Balaban J connectivity index is 1.19. The van der Waals surface area contributed by atoms with E-state index in [0.29, 0.717) is 25.7 Å². The number of hydrogen-bond acceptors (Lipinski definition) is 16. The molecule has 0 bridgehead atoms. The zero-order valence-electron chi connectivity index (χ0n) is 37.2. The third-order valence-corrected chi connectivity index (χ3v) is 18.9. The number of fused-ring (bicyclic) bond motifs is 7. The van der Waals surface area contributed by atoms with Crippen molar-refractivity contribution in [1.29, 1.82) is 0 Å². The first-order valence-electron chi connectivity index (χ1n) is 23.0. The van der Waals surface area contributed by atoms with Crippen molar-refractivity contribution >= 4 is 0 Å². The summed E-state index contributed by atoms with van der Waals surface area (Å²) in [4.78, 5) is 0. The molecule has 16 nitrogen and oxygen atoms in total. The van der Waals surface area contributed by atoms with Crippen molar-refractivity contribution in [3.05, 3.63) is 0 Å². The average molecular weight is 873 g/mol. The Labute approximate surface area is 359 Å². The lowest BCUT2D eigenvalue weighted by Crippen LogP contribution is -2.72. The molecule has 8 fully saturated rings. The van der Waals surface area contributed by atoms with Gasteiger partial charge < -0.3 is 79.5 Å². The number of rotatable bonds is 7. The molecule has 0 spiro atoms. The zero-order valence-corrected chi connectivity index (χ0v) is 37.2. The van der Waals surface area contributed by atoms with Crippen molar-refractivity contribution in [3.63, 3.8) is 0 Å². The summed E-state index contributed by atoms with van der Waals surface area (Å²) in [6, 6.07) is 0. The minimum absolute atomic E-state index is 0.105. The van der Waals surface area contributed by atoms with Gasteiger partial charge in [0.1, 0.15) is 54.9 Å². The molecule has 0 amide bonds. The molecule has 0 unspecified atom stereocenters. The Hall–Kier alpha value is -0.640. The second-order valence-corrected chi connectivity index (χ2v) is 22.8. The molecule has 3 aliphatic heterocycles. The Kier molecular flexibility index (Phi) is 12.3. The second kappa shape index (κ2) is 16.0. The van der Waals surface area contributed by atoms with E-state index in [2.05, 4.69) is 41.5 Å². The smallest absolute Gasteiger partial charge is 0.186 e. The molecule has 3 saturated heterocycles. The summed E-state index contributed by atoms with van der Waals surface area (Å²) in [6.45, 7) is 16.7. The quantitative estimate of drug-likeness (QED) is 0.157. The molecular formula is C45H76O16. The average Bonchev–Trinajstić information content (AvgIpc) is 3.55. The highest BCUT2D eigenvalue weighted by atomic mass is 16.7. The monoisotopic (exact) mass is 873 g/mol. The molecule has 10 N–H and O–H groups in total. The van der Waals surface area contributed by atoms with E-state index in [0.717, 1.165) is 25.7 Å². The Morgan fingerprint density at radius 1 is 0.508 bits per heavy atom. The van der Waals surface area contributed by atoms with E-state index in [-0.39, 0.29) is 54.8 Å². The fourth-order valence-corrected chi connectivity index (χ4v) is 15.9. The van der Waals surface area contributed by atoms with E-state index in [4.69, 9.17) is 28.4 Å². The molecule has 61 heavy (non-hydrogen) atoms. The second-order valence-electron chi connectivity index (χ2n) is 22.8. The number of ether oxygens (including phenoxy) is 6. The SMILES string of the molecule is CC(C)(O)[C@H]1CC[C@@]2(C)[C@H]1[C@@H](O[C@@H]1OC[C@@H](O)[C@H](O)[C@H]1O)C[C@]1(C)[C@@H]2CC[C@@H]2[C@@]3(C)CC[C@H](O[C@@H]4OC[C@@H](O)[C@H](O)[C@H]4O)C(C)(C)[C@@H]3[C@@H](O[C@@H]3OC[C@@H](O)[C@H](O)[C@H]3O)C[C@]21C. The van der Waals surface area contributed by atoms with Gasteiger partial charge in [0.25, 0.3) is 0 Å².